The molecule has 0 aliphatic heterocycles. The van der Waals surface area contributed by atoms with E-state index >= 15 is 0 Å². The van der Waals surface area contributed by atoms with Crippen LogP contribution >= 0.6 is 12.4 Å². The van der Waals surface area contributed by atoms with Gasteiger partial charge in [-0.25, -0.2) is 4.39 Å². The van der Waals surface area contributed by atoms with E-state index in [4.69, 9.17) is 5.73 Å². The Kier molecular flexibility index (Phi) is 4.76. The summed E-state index contributed by atoms with van der Waals surface area (Å²) in [7, 11) is 0. The fourth-order valence-corrected chi connectivity index (χ4v) is 2.75. The number of nitrogens with two attached hydrogens (primary N) is 1. The van der Waals surface area contributed by atoms with Gasteiger partial charge in [0.25, 0.3) is 0 Å². The third-order valence-electron chi connectivity index (χ3n) is 3.92. The number of ketones is 1. The van der Waals surface area contributed by atoms with Gasteiger partial charge in [-0.3, -0.25) is 4.79 Å². The van der Waals surface area contributed by atoms with Gasteiger partial charge in [0.1, 0.15) is 5.82 Å². The molecule has 110 valence electrons. The van der Waals surface area contributed by atoms with Crippen molar-refractivity contribution in [1.29, 1.82) is 0 Å². The maximum atomic E-state index is 13.0. The number of aryl methyl sites for hydroxylation is 1. The molecule has 3 rings (SSSR count). The highest BCUT2D eigenvalue weighted by atomic mass is 35.5. The first kappa shape index (κ1) is 15.7. The topological polar surface area (TPSA) is 43.1 Å². The summed E-state index contributed by atoms with van der Waals surface area (Å²) in [5.74, 6) is -0.174. The van der Waals surface area contributed by atoms with Crippen molar-refractivity contribution in [1.82, 2.24) is 0 Å². The van der Waals surface area contributed by atoms with E-state index in [1.807, 2.05) is 18.2 Å². The van der Waals surface area contributed by atoms with Gasteiger partial charge in [-0.05, 0) is 47.2 Å². The maximum absolute atomic E-state index is 13.0. The maximum Gasteiger partial charge on any atom is 0.153 e. The van der Waals surface area contributed by atoms with Crippen molar-refractivity contribution < 1.29 is 9.18 Å². The smallest absolute Gasteiger partial charge is 0.153 e. The molecule has 1 aliphatic carbocycles. The van der Waals surface area contributed by atoms with E-state index in [0.29, 0.717) is 12.8 Å². The van der Waals surface area contributed by atoms with Crippen molar-refractivity contribution in [2.75, 3.05) is 0 Å². The molecule has 0 spiro atoms. The zero-order chi connectivity index (χ0) is 14.1. The Bertz CT molecular complexity index is 654. The molecular formula is C17H17ClFNO. The predicted molar refractivity (Wildman–Crippen MR) is 84.1 cm³/mol. The molecule has 1 unspecified atom stereocenters. The molecule has 4 heteroatoms. The predicted octanol–water partition coefficient (Wildman–Crippen LogP) is 3.30. The molecule has 1 aliphatic rings. The van der Waals surface area contributed by atoms with Gasteiger partial charge in [0.2, 0.25) is 0 Å². The Morgan fingerprint density at radius 3 is 2.52 bits per heavy atom. The largest absolute Gasteiger partial charge is 0.321 e. The quantitative estimate of drug-likeness (QED) is 0.822. The van der Waals surface area contributed by atoms with Crippen molar-refractivity contribution in [3.63, 3.8) is 0 Å². The molecule has 2 aromatic rings. The summed E-state index contributed by atoms with van der Waals surface area (Å²) in [5.41, 5.74) is 10.0. The molecule has 0 heterocycles. The second-order valence-electron chi connectivity index (χ2n) is 5.24. The minimum absolute atomic E-state index is 0. The van der Waals surface area contributed by atoms with E-state index < -0.39 is 0 Å². The molecule has 1 atom stereocenters. The van der Waals surface area contributed by atoms with E-state index in [1.165, 1.54) is 17.7 Å². The van der Waals surface area contributed by atoms with Gasteiger partial charge in [0, 0.05) is 6.42 Å². The third-order valence-corrected chi connectivity index (χ3v) is 3.92. The van der Waals surface area contributed by atoms with Gasteiger partial charge in [-0.15, -0.1) is 12.4 Å². The number of rotatable bonds is 1. The monoisotopic (exact) mass is 305 g/mol. The SMILES string of the molecule is Cl.NC1CCc2cccc(-c3ccc(F)cc3)c2CC1=O. The molecule has 2 N–H and O–H groups in total. The molecule has 0 aromatic heterocycles. The Balaban J connectivity index is 0.00000161. The fraction of sp³-hybridized carbons (Fsp3) is 0.235. The number of hydrogen-bond acceptors (Lipinski definition) is 2. The molecule has 0 fully saturated rings. The average molecular weight is 306 g/mol. The second kappa shape index (κ2) is 6.37. The Hall–Kier alpha value is -1.71. The highest BCUT2D eigenvalue weighted by Gasteiger charge is 2.22. The number of benzene rings is 2. The summed E-state index contributed by atoms with van der Waals surface area (Å²) >= 11 is 0. The fourth-order valence-electron chi connectivity index (χ4n) is 2.75. The Morgan fingerprint density at radius 2 is 1.81 bits per heavy atom. The summed E-state index contributed by atoms with van der Waals surface area (Å²) in [6, 6.07) is 12.0. The molecular weight excluding hydrogens is 289 g/mol. The number of fused-ring (bicyclic) bond motifs is 1. The highest BCUT2D eigenvalue weighted by Crippen LogP contribution is 2.30. The number of halogens is 2. The van der Waals surface area contributed by atoms with E-state index in [2.05, 4.69) is 0 Å². The lowest BCUT2D eigenvalue weighted by Crippen LogP contribution is -2.30. The first-order valence-electron chi connectivity index (χ1n) is 6.80. The van der Waals surface area contributed by atoms with Crippen LogP contribution in [0.3, 0.4) is 0 Å². The van der Waals surface area contributed by atoms with Crippen LogP contribution in [0, 0.1) is 5.82 Å². The number of Topliss-reactive ketones (excluding diaryl/α,β-unsaturated/α-hetero) is 1. The van der Waals surface area contributed by atoms with E-state index in [9.17, 15) is 9.18 Å². The van der Waals surface area contributed by atoms with Crippen LogP contribution < -0.4 is 5.73 Å². The first-order chi connectivity index (χ1) is 9.65. The van der Waals surface area contributed by atoms with Crippen LogP contribution in [-0.2, 0) is 17.6 Å². The number of carbonyl (C=O) groups excluding carboxylic acids is 1. The van der Waals surface area contributed by atoms with Crippen LogP contribution in [0.25, 0.3) is 11.1 Å². The zero-order valence-corrected chi connectivity index (χ0v) is 12.3. The van der Waals surface area contributed by atoms with Crippen molar-refractivity contribution in [3.05, 3.63) is 59.4 Å². The van der Waals surface area contributed by atoms with E-state index in [-0.39, 0.29) is 30.0 Å². The summed E-state index contributed by atoms with van der Waals surface area (Å²) in [5, 5.41) is 0. The highest BCUT2D eigenvalue weighted by molar-refractivity contribution is 5.89. The van der Waals surface area contributed by atoms with Crippen LogP contribution in [0.1, 0.15) is 17.5 Å². The van der Waals surface area contributed by atoms with Crippen LogP contribution in [0.4, 0.5) is 4.39 Å². The molecule has 0 saturated heterocycles. The first-order valence-corrected chi connectivity index (χ1v) is 6.80. The second-order valence-corrected chi connectivity index (χ2v) is 5.24. The van der Waals surface area contributed by atoms with E-state index in [0.717, 1.165) is 23.1 Å². The zero-order valence-electron chi connectivity index (χ0n) is 11.5. The summed E-state index contributed by atoms with van der Waals surface area (Å²) in [6.45, 7) is 0. The Morgan fingerprint density at radius 1 is 1.10 bits per heavy atom. The van der Waals surface area contributed by atoms with Gasteiger partial charge < -0.3 is 5.73 Å². The normalized spacial score (nSPS) is 17.6. The number of carbonyl (C=O) groups is 1. The summed E-state index contributed by atoms with van der Waals surface area (Å²) in [4.78, 5) is 12.0. The third kappa shape index (κ3) is 3.14. The van der Waals surface area contributed by atoms with Crippen LogP contribution in [0.2, 0.25) is 0 Å². The minimum Gasteiger partial charge on any atom is -0.321 e. The standard InChI is InChI=1S/C17H16FNO.ClH/c18-13-7-4-12(5-8-13)14-3-1-2-11-6-9-16(19)17(20)10-15(11)14;/h1-5,7-8,16H,6,9-10,19H2;1H. The van der Waals surface area contributed by atoms with Gasteiger partial charge in [0.15, 0.2) is 5.78 Å². The van der Waals surface area contributed by atoms with Gasteiger partial charge in [-0.1, -0.05) is 30.3 Å². The molecule has 0 bridgehead atoms. The minimum atomic E-state index is -0.372. The molecule has 2 aromatic carbocycles. The molecule has 2 nitrogen and oxygen atoms in total. The summed E-state index contributed by atoms with van der Waals surface area (Å²) in [6.07, 6.45) is 1.88. The average Bonchev–Trinajstić information content (AvgIpc) is 2.60. The Labute approximate surface area is 129 Å². The molecule has 0 amide bonds. The molecule has 0 radical (unpaired) electrons. The van der Waals surface area contributed by atoms with E-state index in [1.54, 1.807) is 12.1 Å². The van der Waals surface area contributed by atoms with Crippen molar-refractivity contribution in [2.24, 2.45) is 5.73 Å². The van der Waals surface area contributed by atoms with Crippen molar-refractivity contribution >= 4 is 18.2 Å². The lowest BCUT2D eigenvalue weighted by atomic mass is 9.92. The van der Waals surface area contributed by atoms with Crippen molar-refractivity contribution in [2.45, 2.75) is 25.3 Å². The van der Waals surface area contributed by atoms with Crippen LogP contribution in [0.15, 0.2) is 42.5 Å². The number of hydrogen-bond donors (Lipinski definition) is 1. The molecule has 0 saturated carbocycles. The van der Waals surface area contributed by atoms with Crippen LogP contribution in [-0.4, -0.2) is 11.8 Å². The van der Waals surface area contributed by atoms with Gasteiger partial charge in [-0.2, -0.15) is 0 Å². The summed E-state index contributed by atoms with van der Waals surface area (Å²) < 4.78 is 13.0. The molecule has 21 heavy (non-hydrogen) atoms. The van der Waals surface area contributed by atoms with Crippen LogP contribution in [0.5, 0.6) is 0 Å². The lowest BCUT2D eigenvalue weighted by molar-refractivity contribution is -0.119. The lowest BCUT2D eigenvalue weighted by Gasteiger charge is -2.12. The van der Waals surface area contributed by atoms with Crippen molar-refractivity contribution in [3.8, 4) is 11.1 Å². The van der Waals surface area contributed by atoms with Gasteiger partial charge >= 0.3 is 0 Å². The van der Waals surface area contributed by atoms with Gasteiger partial charge in [0.05, 0.1) is 6.04 Å².